The van der Waals surface area contributed by atoms with Crippen molar-refractivity contribution in [3.63, 3.8) is 0 Å². The lowest BCUT2D eigenvalue weighted by molar-refractivity contribution is 0.0258. The van der Waals surface area contributed by atoms with E-state index in [-0.39, 0.29) is 0 Å². The molecule has 1 saturated carbocycles. The number of nitrogens with zero attached hydrogens (tertiary/aromatic N) is 2. The van der Waals surface area contributed by atoms with Gasteiger partial charge >= 0.3 is 0 Å². The molecule has 2 aliphatic heterocycles. The highest BCUT2D eigenvalue weighted by atomic mass is 15.2. The molecule has 1 aliphatic carbocycles. The number of hydrogen-bond donors (Lipinski definition) is 0. The summed E-state index contributed by atoms with van der Waals surface area (Å²) in [5.74, 6) is 2.89. The van der Waals surface area contributed by atoms with Crippen LogP contribution in [0.5, 0.6) is 0 Å². The van der Waals surface area contributed by atoms with Crippen LogP contribution >= 0.6 is 0 Å². The molecule has 0 amide bonds. The molecule has 3 aliphatic rings. The van der Waals surface area contributed by atoms with E-state index in [1.807, 2.05) is 0 Å². The highest BCUT2D eigenvalue weighted by molar-refractivity contribution is 5.14. The minimum atomic E-state index is 0.921. The lowest BCUT2D eigenvalue weighted by Crippen LogP contribution is -2.52. The first kappa shape index (κ1) is 12.8. The molecule has 3 fully saturated rings. The van der Waals surface area contributed by atoms with E-state index in [4.69, 9.17) is 0 Å². The quantitative estimate of drug-likeness (QED) is 0.830. The number of likely N-dealkylation sites (tertiary alicyclic amines) is 2. The van der Waals surface area contributed by atoms with Gasteiger partial charge < -0.3 is 4.90 Å². The smallest absolute Gasteiger partial charge is 0.0233 e. The maximum atomic E-state index is 2.77. The fourth-order valence-electron chi connectivity index (χ4n) is 4.28. The Kier molecular flexibility index (Phi) is 3.53. The molecule has 2 heteroatoms. The second-order valence-electron chi connectivity index (χ2n) is 7.31. The molecule has 0 N–H and O–H groups in total. The third-order valence-electron chi connectivity index (χ3n) is 5.19. The molecular formula is C18H26N2. The van der Waals surface area contributed by atoms with Gasteiger partial charge in [0.2, 0.25) is 0 Å². The van der Waals surface area contributed by atoms with Crippen molar-refractivity contribution in [1.82, 2.24) is 9.80 Å². The molecule has 0 radical (unpaired) electrons. The van der Waals surface area contributed by atoms with E-state index in [1.165, 1.54) is 57.5 Å². The SMILES string of the molecule is c1ccc(CN2CC3CC(C2)CN(CC2CC2)C3)cc1. The summed E-state index contributed by atoms with van der Waals surface area (Å²) >= 11 is 0. The molecule has 2 saturated heterocycles. The molecule has 1 aromatic rings. The van der Waals surface area contributed by atoms with Crippen LogP contribution in [-0.2, 0) is 6.54 Å². The third-order valence-corrected chi connectivity index (χ3v) is 5.19. The van der Waals surface area contributed by atoms with Gasteiger partial charge in [-0.2, -0.15) is 0 Å². The van der Waals surface area contributed by atoms with E-state index in [2.05, 4.69) is 40.1 Å². The number of fused-ring (bicyclic) bond motifs is 2. The van der Waals surface area contributed by atoms with E-state index in [0.717, 1.165) is 24.3 Å². The van der Waals surface area contributed by atoms with Crippen LogP contribution in [0.2, 0.25) is 0 Å². The van der Waals surface area contributed by atoms with Crippen molar-refractivity contribution in [2.45, 2.75) is 25.8 Å². The topological polar surface area (TPSA) is 6.48 Å². The molecular weight excluding hydrogens is 244 g/mol. The molecule has 108 valence electrons. The van der Waals surface area contributed by atoms with E-state index in [0.29, 0.717) is 0 Å². The maximum absolute atomic E-state index is 2.77. The monoisotopic (exact) mass is 270 g/mol. The Bertz CT molecular complexity index is 426. The average Bonchev–Trinajstić information content (AvgIpc) is 3.23. The van der Waals surface area contributed by atoms with E-state index < -0.39 is 0 Å². The molecule has 1 aromatic carbocycles. The van der Waals surface area contributed by atoms with Crippen molar-refractivity contribution in [1.29, 1.82) is 0 Å². The predicted octanol–water partition coefficient (Wildman–Crippen LogP) is 2.85. The lowest BCUT2D eigenvalue weighted by Gasteiger charge is -2.46. The minimum Gasteiger partial charge on any atom is -0.302 e. The normalized spacial score (nSPS) is 31.4. The predicted molar refractivity (Wildman–Crippen MR) is 82.5 cm³/mol. The van der Waals surface area contributed by atoms with Gasteiger partial charge in [0.1, 0.15) is 0 Å². The molecule has 20 heavy (non-hydrogen) atoms. The van der Waals surface area contributed by atoms with Crippen molar-refractivity contribution in [3.05, 3.63) is 35.9 Å². The number of piperidine rings is 2. The zero-order valence-corrected chi connectivity index (χ0v) is 12.4. The van der Waals surface area contributed by atoms with Crippen LogP contribution in [0.4, 0.5) is 0 Å². The molecule has 2 nitrogen and oxygen atoms in total. The van der Waals surface area contributed by atoms with Gasteiger partial charge in [0.25, 0.3) is 0 Å². The van der Waals surface area contributed by atoms with Gasteiger partial charge in [-0.3, -0.25) is 4.90 Å². The van der Waals surface area contributed by atoms with Crippen LogP contribution in [0.3, 0.4) is 0 Å². The first-order chi connectivity index (χ1) is 9.85. The van der Waals surface area contributed by atoms with Crippen molar-refractivity contribution in [2.75, 3.05) is 32.7 Å². The van der Waals surface area contributed by atoms with Gasteiger partial charge in [-0.15, -0.1) is 0 Å². The summed E-state index contributed by atoms with van der Waals surface area (Å²) in [6, 6.07) is 11.0. The Balaban J connectivity index is 1.34. The molecule has 2 heterocycles. The highest BCUT2D eigenvalue weighted by Crippen LogP contribution is 2.34. The molecule has 2 bridgehead atoms. The number of hydrogen-bond acceptors (Lipinski definition) is 2. The summed E-state index contributed by atoms with van der Waals surface area (Å²) in [5, 5.41) is 0. The Morgan fingerprint density at radius 2 is 1.50 bits per heavy atom. The van der Waals surface area contributed by atoms with E-state index in [1.54, 1.807) is 0 Å². The van der Waals surface area contributed by atoms with E-state index >= 15 is 0 Å². The molecule has 0 aromatic heterocycles. The van der Waals surface area contributed by atoms with E-state index in [9.17, 15) is 0 Å². The second kappa shape index (κ2) is 5.50. The van der Waals surface area contributed by atoms with Gasteiger partial charge in [-0.1, -0.05) is 30.3 Å². The standard InChI is InChI=1S/C18H26N2/c1-2-4-15(5-3-1)9-19-11-17-8-18(12-19)14-20(13-17)10-16-6-7-16/h1-5,16-18H,6-14H2. The van der Waals surface area contributed by atoms with Gasteiger partial charge in [0.15, 0.2) is 0 Å². The van der Waals surface area contributed by atoms with Crippen molar-refractivity contribution >= 4 is 0 Å². The fraction of sp³-hybridized carbons (Fsp3) is 0.667. The Labute approximate surface area is 122 Å². The van der Waals surface area contributed by atoms with Crippen LogP contribution in [0, 0.1) is 17.8 Å². The highest BCUT2D eigenvalue weighted by Gasteiger charge is 2.35. The summed E-state index contributed by atoms with van der Waals surface area (Å²) in [6.07, 6.45) is 4.46. The maximum Gasteiger partial charge on any atom is 0.0233 e. The van der Waals surface area contributed by atoms with Crippen LogP contribution in [0.1, 0.15) is 24.8 Å². The van der Waals surface area contributed by atoms with Gasteiger partial charge in [0, 0.05) is 39.3 Å². The first-order valence-electron chi connectivity index (χ1n) is 8.34. The Morgan fingerprint density at radius 1 is 0.850 bits per heavy atom. The van der Waals surface area contributed by atoms with Gasteiger partial charge in [-0.25, -0.2) is 0 Å². The zero-order chi connectivity index (χ0) is 13.4. The molecule has 4 rings (SSSR count). The van der Waals surface area contributed by atoms with Crippen LogP contribution in [0.15, 0.2) is 30.3 Å². The third kappa shape index (κ3) is 3.07. The summed E-state index contributed by atoms with van der Waals surface area (Å²) in [4.78, 5) is 5.47. The Hall–Kier alpha value is -0.860. The molecule has 2 atom stereocenters. The lowest BCUT2D eigenvalue weighted by atomic mass is 9.84. The summed E-state index contributed by atoms with van der Waals surface area (Å²) in [7, 11) is 0. The number of benzene rings is 1. The second-order valence-corrected chi connectivity index (χ2v) is 7.31. The van der Waals surface area contributed by atoms with Gasteiger partial charge in [-0.05, 0) is 42.6 Å². The van der Waals surface area contributed by atoms with Crippen molar-refractivity contribution in [3.8, 4) is 0 Å². The summed E-state index contributed by atoms with van der Waals surface area (Å²) < 4.78 is 0. The minimum absolute atomic E-state index is 0.921. The summed E-state index contributed by atoms with van der Waals surface area (Å²) in [6.45, 7) is 7.89. The van der Waals surface area contributed by atoms with Crippen molar-refractivity contribution in [2.24, 2.45) is 17.8 Å². The fourth-order valence-corrected chi connectivity index (χ4v) is 4.28. The van der Waals surface area contributed by atoms with Crippen LogP contribution < -0.4 is 0 Å². The van der Waals surface area contributed by atoms with Crippen molar-refractivity contribution < 1.29 is 0 Å². The summed E-state index contributed by atoms with van der Waals surface area (Å²) in [5.41, 5.74) is 1.47. The van der Waals surface area contributed by atoms with Gasteiger partial charge in [0.05, 0.1) is 0 Å². The first-order valence-corrected chi connectivity index (χ1v) is 8.34. The molecule has 2 unspecified atom stereocenters. The largest absolute Gasteiger partial charge is 0.302 e. The van der Waals surface area contributed by atoms with Crippen LogP contribution in [0.25, 0.3) is 0 Å². The van der Waals surface area contributed by atoms with Crippen LogP contribution in [-0.4, -0.2) is 42.5 Å². The Morgan fingerprint density at radius 3 is 2.15 bits per heavy atom. The number of rotatable bonds is 4. The average molecular weight is 270 g/mol. The zero-order valence-electron chi connectivity index (χ0n) is 12.4. The molecule has 0 spiro atoms.